The van der Waals surface area contributed by atoms with Crippen LogP contribution in [0.5, 0.6) is 0 Å². The van der Waals surface area contributed by atoms with Crippen LogP contribution in [0.25, 0.3) is 0 Å². The minimum absolute atomic E-state index is 0.129. The Morgan fingerprint density at radius 1 is 1.45 bits per heavy atom. The van der Waals surface area contributed by atoms with E-state index in [4.69, 9.17) is 5.73 Å². The van der Waals surface area contributed by atoms with Gasteiger partial charge in [0.1, 0.15) is 10.7 Å². The molecule has 0 spiro atoms. The van der Waals surface area contributed by atoms with Crippen molar-refractivity contribution in [1.29, 1.82) is 0 Å². The monoisotopic (exact) mass is 315 g/mol. The number of hydrogen-bond acceptors (Lipinski definition) is 7. The van der Waals surface area contributed by atoms with Gasteiger partial charge in [0.05, 0.1) is 0 Å². The van der Waals surface area contributed by atoms with Gasteiger partial charge in [0.15, 0.2) is 5.13 Å². The maximum Gasteiger partial charge on any atom is 0.265 e. The largest absolute Gasteiger partial charge is 0.382 e. The van der Waals surface area contributed by atoms with Gasteiger partial charge in [-0.3, -0.25) is 9.69 Å². The molecule has 20 heavy (non-hydrogen) atoms. The molecule has 1 saturated heterocycles. The number of nitrogens with one attached hydrogen (secondary N) is 2. The fourth-order valence-corrected chi connectivity index (χ4v) is 3.80. The Labute approximate surface area is 127 Å². The van der Waals surface area contributed by atoms with Crippen molar-refractivity contribution in [3.8, 4) is 0 Å². The molecule has 0 aliphatic carbocycles. The van der Waals surface area contributed by atoms with E-state index in [2.05, 4.69) is 20.5 Å². The lowest BCUT2D eigenvalue weighted by Crippen LogP contribution is -2.39. The molecule has 0 saturated carbocycles. The number of nitrogens with zero attached hydrogens (tertiary/aromatic N) is 2. The minimum atomic E-state index is -0.129. The number of thiazole rings is 1. The maximum atomic E-state index is 12.1. The van der Waals surface area contributed by atoms with Gasteiger partial charge in [0, 0.05) is 44.2 Å². The van der Waals surface area contributed by atoms with Gasteiger partial charge in [-0.05, 0) is 6.92 Å². The number of amides is 1. The van der Waals surface area contributed by atoms with Crippen LogP contribution in [-0.4, -0.2) is 60.0 Å². The van der Waals surface area contributed by atoms with Crippen molar-refractivity contribution >= 4 is 40.0 Å². The van der Waals surface area contributed by atoms with E-state index in [1.807, 2.05) is 18.7 Å². The molecule has 6 nitrogen and oxygen atoms in total. The van der Waals surface area contributed by atoms with E-state index in [0.717, 1.165) is 26.2 Å². The first-order valence-corrected chi connectivity index (χ1v) is 8.76. The van der Waals surface area contributed by atoms with Gasteiger partial charge in [-0.15, -0.1) is 0 Å². The number of carbonyl (C=O) groups is 1. The second-order valence-electron chi connectivity index (χ2n) is 4.47. The van der Waals surface area contributed by atoms with Crippen LogP contribution in [0.4, 0.5) is 10.9 Å². The molecule has 112 valence electrons. The van der Waals surface area contributed by atoms with Crippen LogP contribution in [0.2, 0.25) is 0 Å². The van der Waals surface area contributed by atoms with Crippen LogP contribution in [0.3, 0.4) is 0 Å². The number of nitrogen functional groups attached to an aromatic ring is 1. The van der Waals surface area contributed by atoms with E-state index >= 15 is 0 Å². The Morgan fingerprint density at radius 2 is 2.20 bits per heavy atom. The van der Waals surface area contributed by atoms with Crippen molar-refractivity contribution in [2.24, 2.45) is 0 Å². The molecule has 8 heteroatoms. The van der Waals surface area contributed by atoms with Gasteiger partial charge in [-0.2, -0.15) is 11.8 Å². The number of thioether (sulfide) groups is 1. The Hall–Kier alpha value is -0.990. The van der Waals surface area contributed by atoms with Gasteiger partial charge in [-0.25, -0.2) is 4.98 Å². The van der Waals surface area contributed by atoms with Gasteiger partial charge in [-0.1, -0.05) is 11.3 Å². The summed E-state index contributed by atoms with van der Waals surface area (Å²) in [6.45, 7) is 6.50. The molecular weight excluding hydrogens is 294 g/mol. The van der Waals surface area contributed by atoms with Crippen LogP contribution >= 0.6 is 23.1 Å². The summed E-state index contributed by atoms with van der Waals surface area (Å²) in [5.41, 5.74) is 5.77. The van der Waals surface area contributed by atoms with E-state index in [1.165, 1.54) is 22.8 Å². The summed E-state index contributed by atoms with van der Waals surface area (Å²) in [5.74, 6) is 2.54. The zero-order valence-electron chi connectivity index (χ0n) is 11.6. The summed E-state index contributed by atoms with van der Waals surface area (Å²) in [5, 5.41) is 6.68. The standard InChI is InChI=1S/C12H21N5OS2/c1-2-14-12-16-10(13)9(20-12)11(18)15-3-4-17-5-7-19-8-6-17/h2-8,13H2,1H3,(H,14,16)(H,15,18). The molecule has 1 fully saturated rings. The van der Waals surface area contributed by atoms with E-state index in [0.29, 0.717) is 22.4 Å². The van der Waals surface area contributed by atoms with E-state index in [-0.39, 0.29) is 5.91 Å². The third kappa shape index (κ3) is 4.26. The third-order valence-corrected chi connectivity index (χ3v) is 4.98. The lowest BCUT2D eigenvalue weighted by Gasteiger charge is -2.25. The molecule has 4 N–H and O–H groups in total. The molecular formula is C12H21N5OS2. The predicted octanol–water partition coefficient (Wildman–Crippen LogP) is 0.936. The number of nitrogens with two attached hydrogens (primary N) is 1. The normalized spacial score (nSPS) is 16.1. The molecule has 0 aromatic carbocycles. The second-order valence-corrected chi connectivity index (χ2v) is 6.70. The first-order valence-electron chi connectivity index (χ1n) is 6.79. The van der Waals surface area contributed by atoms with Crippen LogP contribution < -0.4 is 16.4 Å². The summed E-state index contributed by atoms with van der Waals surface area (Å²) in [4.78, 5) is 19.1. The molecule has 0 unspecified atom stereocenters. The minimum Gasteiger partial charge on any atom is -0.382 e. The molecule has 1 aromatic rings. The zero-order chi connectivity index (χ0) is 14.4. The van der Waals surface area contributed by atoms with Crippen LogP contribution in [0.1, 0.15) is 16.6 Å². The summed E-state index contributed by atoms with van der Waals surface area (Å²) in [6.07, 6.45) is 0. The molecule has 0 atom stereocenters. The fourth-order valence-electron chi connectivity index (χ4n) is 1.95. The molecule has 1 aliphatic rings. The number of hydrogen-bond donors (Lipinski definition) is 3. The van der Waals surface area contributed by atoms with Crippen molar-refractivity contribution in [3.05, 3.63) is 4.88 Å². The van der Waals surface area contributed by atoms with E-state index in [9.17, 15) is 4.79 Å². The van der Waals surface area contributed by atoms with Crippen molar-refractivity contribution in [3.63, 3.8) is 0 Å². The maximum absolute atomic E-state index is 12.1. The Kier molecular flexibility index (Phi) is 5.93. The van der Waals surface area contributed by atoms with Crippen molar-refractivity contribution in [2.75, 3.05) is 55.3 Å². The first-order chi connectivity index (χ1) is 9.70. The molecule has 1 amide bonds. The highest BCUT2D eigenvalue weighted by Crippen LogP contribution is 2.24. The lowest BCUT2D eigenvalue weighted by atomic mass is 10.4. The average molecular weight is 315 g/mol. The molecule has 0 radical (unpaired) electrons. The van der Waals surface area contributed by atoms with E-state index in [1.54, 1.807) is 0 Å². The summed E-state index contributed by atoms with van der Waals surface area (Å²) < 4.78 is 0. The van der Waals surface area contributed by atoms with Gasteiger partial charge >= 0.3 is 0 Å². The fraction of sp³-hybridized carbons (Fsp3) is 0.667. The number of anilines is 2. The Morgan fingerprint density at radius 3 is 2.90 bits per heavy atom. The van der Waals surface area contributed by atoms with Crippen molar-refractivity contribution < 1.29 is 4.79 Å². The van der Waals surface area contributed by atoms with Crippen molar-refractivity contribution in [2.45, 2.75) is 6.92 Å². The molecule has 1 aliphatic heterocycles. The zero-order valence-corrected chi connectivity index (χ0v) is 13.3. The Balaban J connectivity index is 1.79. The van der Waals surface area contributed by atoms with Crippen LogP contribution in [0.15, 0.2) is 0 Å². The molecule has 1 aromatic heterocycles. The summed E-state index contributed by atoms with van der Waals surface area (Å²) in [6, 6.07) is 0. The van der Waals surface area contributed by atoms with Gasteiger partial charge < -0.3 is 16.4 Å². The topological polar surface area (TPSA) is 83.3 Å². The quantitative estimate of drug-likeness (QED) is 0.724. The predicted molar refractivity (Wildman–Crippen MR) is 86.8 cm³/mol. The molecule has 2 heterocycles. The second kappa shape index (κ2) is 7.70. The summed E-state index contributed by atoms with van der Waals surface area (Å²) >= 11 is 3.29. The number of aromatic nitrogens is 1. The Bertz CT molecular complexity index is 445. The first kappa shape index (κ1) is 15.4. The number of rotatable bonds is 6. The molecule has 0 bridgehead atoms. The highest BCUT2D eigenvalue weighted by Gasteiger charge is 2.16. The SMILES string of the molecule is CCNc1nc(N)c(C(=O)NCCN2CCSCC2)s1. The third-order valence-electron chi connectivity index (χ3n) is 3.00. The smallest absolute Gasteiger partial charge is 0.265 e. The highest BCUT2D eigenvalue weighted by atomic mass is 32.2. The van der Waals surface area contributed by atoms with Crippen LogP contribution in [-0.2, 0) is 0 Å². The van der Waals surface area contributed by atoms with E-state index < -0.39 is 0 Å². The highest BCUT2D eigenvalue weighted by molar-refractivity contribution is 7.99. The van der Waals surface area contributed by atoms with Crippen molar-refractivity contribution in [1.82, 2.24) is 15.2 Å². The van der Waals surface area contributed by atoms with Gasteiger partial charge in [0.2, 0.25) is 0 Å². The van der Waals surface area contributed by atoms with Gasteiger partial charge in [0.25, 0.3) is 5.91 Å². The summed E-state index contributed by atoms with van der Waals surface area (Å²) in [7, 11) is 0. The average Bonchev–Trinajstić information content (AvgIpc) is 2.81. The molecule has 2 rings (SSSR count). The van der Waals surface area contributed by atoms with Crippen LogP contribution in [0, 0.1) is 0 Å². The number of carbonyl (C=O) groups excluding carboxylic acids is 1. The lowest BCUT2D eigenvalue weighted by molar-refractivity contribution is 0.0953.